The van der Waals surface area contributed by atoms with Crippen molar-refractivity contribution in [2.75, 3.05) is 16.3 Å². The average Bonchev–Trinajstić information content (AvgIpc) is 3.37. The minimum atomic E-state index is -0.472. The number of nitrogens with one attached hydrogen (secondary N) is 1. The molecule has 0 amide bonds. The van der Waals surface area contributed by atoms with Crippen molar-refractivity contribution in [1.82, 2.24) is 24.9 Å². The predicted octanol–water partition coefficient (Wildman–Crippen LogP) is 5.55. The fourth-order valence-corrected chi connectivity index (χ4v) is 6.09. The Kier molecular flexibility index (Phi) is 5.73. The second-order valence-corrected chi connectivity index (χ2v) is 10.8. The summed E-state index contributed by atoms with van der Waals surface area (Å²) < 4.78 is 19.4. The Balaban J connectivity index is 1.35. The first-order chi connectivity index (χ1) is 19.4. The Morgan fingerprint density at radius 2 is 1.90 bits per heavy atom. The van der Waals surface area contributed by atoms with E-state index in [1.807, 2.05) is 29.7 Å². The van der Waals surface area contributed by atoms with Crippen LogP contribution in [0.25, 0.3) is 16.6 Å². The Morgan fingerprint density at radius 1 is 1.15 bits per heavy atom. The first-order valence-electron chi connectivity index (χ1n) is 12.8. The van der Waals surface area contributed by atoms with Gasteiger partial charge >= 0.3 is 0 Å². The van der Waals surface area contributed by atoms with Crippen molar-refractivity contribution in [2.24, 2.45) is 0 Å². The smallest absolute Gasteiger partial charge is 0.210 e. The summed E-state index contributed by atoms with van der Waals surface area (Å²) >= 11 is 12.8. The van der Waals surface area contributed by atoms with Crippen molar-refractivity contribution in [1.29, 1.82) is 5.26 Å². The third-order valence-corrected chi connectivity index (χ3v) is 8.19. The van der Waals surface area contributed by atoms with Gasteiger partial charge in [0.25, 0.3) is 0 Å². The van der Waals surface area contributed by atoms with Crippen LogP contribution in [0.1, 0.15) is 48.7 Å². The van der Waals surface area contributed by atoms with Gasteiger partial charge in [-0.05, 0) is 44.0 Å². The highest BCUT2D eigenvalue weighted by Gasteiger charge is 2.36. The van der Waals surface area contributed by atoms with E-state index in [0.717, 1.165) is 36.2 Å². The maximum Gasteiger partial charge on any atom is 0.210 e. The zero-order valence-corrected chi connectivity index (χ0v) is 22.7. The molecule has 0 radical (unpaired) electrons. The molecule has 7 rings (SSSR count). The highest BCUT2D eigenvalue weighted by Crippen LogP contribution is 2.42. The third-order valence-electron chi connectivity index (χ3n) is 7.59. The third kappa shape index (κ3) is 3.67. The summed E-state index contributed by atoms with van der Waals surface area (Å²) in [6, 6.07) is 8.93. The number of benzene rings is 2. The molecule has 4 heterocycles. The van der Waals surface area contributed by atoms with Crippen LogP contribution in [-0.4, -0.2) is 32.0 Å². The number of aromatic nitrogens is 4. The van der Waals surface area contributed by atoms with Gasteiger partial charge in [-0.3, -0.25) is 14.5 Å². The van der Waals surface area contributed by atoms with E-state index in [1.165, 1.54) is 11.1 Å². The molecule has 3 aliphatic rings. The van der Waals surface area contributed by atoms with Gasteiger partial charge in [-0.25, -0.2) is 13.9 Å². The van der Waals surface area contributed by atoms with Gasteiger partial charge in [0.15, 0.2) is 11.8 Å². The first-order valence-corrected chi connectivity index (χ1v) is 13.6. The fourth-order valence-electron chi connectivity index (χ4n) is 5.53. The predicted molar refractivity (Wildman–Crippen MR) is 150 cm³/mol. The molecule has 2 aliphatic heterocycles. The van der Waals surface area contributed by atoms with Gasteiger partial charge in [0.05, 0.1) is 55.8 Å². The minimum absolute atomic E-state index is 0.0698. The molecule has 2 aromatic carbocycles. The summed E-state index contributed by atoms with van der Waals surface area (Å²) in [5, 5.41) is 22.9. The van der Waals surface area contributed by atoms with E-state index in [0.29, 0.717) is 29.4 Å². The molecule has 12 heteroatoms. The Bertz CT molecular complexity index is 1820. The van der Waals surface area contributed by atoms with Gasteiger partial charge in [-0.1, -0.05) is 23.2 Å². The molecule has 2 aromatic heterocycles. The number of nitrogens with zero attached hydrogens (tertiary/aromatic N) is 7. The maximum absolute atomic E-state index is 15.9. The minimum Gasteiger partial charge on any atom is -0.310 e. The van der Waals surface area contributed by atoms with Crippen LogP contribution in [0, 0.1) is 17.1 Å². The van der Waals surface area contributed by atoms with E-state index in [9.17, 15) is 10.1 Å². The van der Waals surface area contributed by atoms with Crippen LogP contribution < -0.4 is 15.1 Å². The van der Waals surface area contributed by atoms with Crippen molar-refractivity contribution in [2.45, 2.75) is 38.3 Å². The van der Waals surface area contributed by atoms with Gasteiger partial charge in [0.1, 0.15) is 11.9 Å². The summed E-state index contributed by atoms with van der Waals surface area (Å²) in [7, 11) is 0. The van der Waals surface area contributed by atoms with Crippen molar-refractivity contribution < 1.29 is 9.18 Å². The summed E-state index contributed by atoms with van der Waals surface area (Å²) in [5.41, 5.74) is 3.33. The molecule has 1 atom stereocenters. The average molecular weight is 575 g/mol. The van der Waals surface area contributed by atoms with Crippen molar-refractivity contribution in [3.8, 4) is 11.8 Å². The zero-order valence-electron chi connectivity index (χ0n) is 21.2. The molecule has 0 bridgehead atoms. The monoisotopic (exact) mass is 574 g/mol. The molecular weight excluding hydrogens is 554 g/mol. The van der Waals surface area contributed by atoms with E-state index >= 15 is 4.39 Å². The van der Waals surface area contributed by atoms with Crippen LogP contribution >= 0.6 is 23.2 Å². The number of rotatable bonds is 4. The fraction of sp³-hybridized carbons (Fsp3) is 0.250. The molecule has 9 nitrogen and oxygen atoms in total. The van der Waals surface area contributed by atoms with Crippen LogP contribution in [-0.2, 0) is 11.2 Å². The van der Waals surface area contributed by atoms with E-state index in [2.05, 4.69) is 10.4 Å². The van der Waals surface area contributed by atoms with Crippen molar-refractivity contribution in [3.05, 3.63) is 81.4 Å². The number of fused-ring (bicyclic) bond motifs is 2. The van der Waals surface area contributed by atoms with E-state index in [1.54, 1.807) is 40.2 Å². The molecule has 4 aromatic rings. The van der Waals surface area contributed by atoms with Gasteiger partial charge in [0.2, 0.25) is 5.82 Å². The molecule has 1 saturated carbocycles. The number of halogens is 3. The van der Waals surface area contributed by atoms with Gasteiger partial charge in [-0.2, -0.15) is 15.5 Å². The molecule has 0 saturated heterocycles. The largest absolute Gasteiger partial charge is 0.310 e. The lowest BCUT2D eigenvalue weighted by Crippen LogP contribution is -2.30. The quantitative estimate of drug-likeness (QED) is 0.319. The maximum atomic E-state index is 15.9. The van der Waals surface area contributed by atoms with Crippen LogP contribution in [0.2, 0.25) is 10.0 Å². The number of carbonyl (C=O) groups excluding carboxylic acids is 1. The van der Waals surface area contributed by atoms with E-state index in [4.69, 9.17) is 28.3 Å². The molecular formula is C28H21Cl2FN8O. The highest BCUT2D eigenvalue weighted by atomic mass is 35.5. The topological polar surface area (TPSA) is 95.0 Å². The number of nitriles is 1. The molecule has 200 valence electrons. The zero-order chi connectivity index (χ0) is 27.7. The summed E-state index contributed by atoms with van der Waals surface area (Å²) in [5.74, 6) is 2.17. The second kappa shape index (κ2) is 9.22. The van der Waals surface area contributed by atoms with Crippen molar-refractivity contribution >= 4 is 51.6 Å². The Labute approximate surface area is 238 Å². The van der Waals surface area contributed by atoms with Crippen LogP contribution in [0.3, 0.4) is 0 Å². The lowest BCUT2D eigenvalue weighted by molar-refractivity contribution is 0.538. The molecule has 40 heavy (non-hydrogen) atoms. The molecule has 1 fully saturated rings. The van der Waals surface area contributed by atoms with Crippen LogP contribution in [0.15, 0.2) is 48.7 Å². The normalized spacial score (nSPS) is 18.4. The SMILES string of the molecule is C[C@@H]1NCCc2nn(-c3cc(Cl)c(C#N)c(Cl)c3)c(N3C=CN(c4ccc5c(cnn5C5CC5)c4F)C3=C=O)c21. The number of anilines is 2. The van der Waals surface area contributed by atoms with Gasteiger partial charge < -0.3 is 5.32 Å². The summed E-state index contributed by atoms with van der Waals surface area (Å²) in [4.78, 5) is 15.6. The molecule has 1 aliphatic carbocycles. The Morgan fingerprint density at radius 3 is 2.60 bits per heavy atom. The second-order valence-electron chi connectivity index (χ2n) is 10.0. The standard InChI is InChI=1S/C28H21Cl2FN8O/c1-15-26-22(6-7-33-15)35-39(17-10-20(29)18(12-32)21(30)11-17)28(26)37-9-8-36(25(37)14-40)24-5-4-23-19(27(24)31)13-34-38(23)16-2-3-16/h4-5,8-11,13,15-16,33H,2-3,6-7H2,1H3/t15-/m0/s1. The molecule has 1 N–H and O–H groups in total. The lowest BCUT2D eigenvalue weighted by atomic mass is 10.0. The Hall–Kier alpha value is -4.13. The summed E-state index contributed by atoms with van der Waals surface area (Å²) in [6.45, 7) is 2.75. The van der Waals surface area contributed by atoms with Gasteiger partial charge in [-0.15, -0.1) is 0 Å². The highest BCUT2D eigenvalue weighted by molar-refractivity contribution is 6.36. The number of hydrogen-bond donors (Lipinski definition) is 1. The summed E-state index contributed by atoms with van der Waals surface area (Å²) in [6.07, 6.45) is 7.56. The molecule has 0 unspecified atom stereocenters. The van der Waals surface area contributed by atoms with Gasteiger partial charge in [0, 0.05) is 37.0 Å². The van der Waals surface area contributed by atoms with E-state index in [-0.39, 0.29) is 33.2 Å². The van der Waals surface area contributed by atoms with E-state index < -0.39 is 5.82 Å². The first kappa shape index (κ1) is 24.9. The number of hydrogen-bond acceptors (Lipinski definition) is 7. The van der Waals surface area contributed by atoms with Crippen LogP contribution in [0.5, 0.6) is 0 Å². The lowest BCUT2D eigenvalue weighted by Gasteiger charge is -2.27. The molecule has 0 spiro atoms. The van der Waals surface area contributed by atoms with Crippen molar-refractivity contribution in [3.63, 3.8) is 0 Å². The van der Waals surface area contributed by atoms with Crippen LogP contribution in [0.4, 0.5) is 15.9 Å².